The lowest BCUT2D eigenvalue weighted by molar-refractivity contribution is 0.629. The molecule has 4 nitrogen and oxygen atoms in total. The number of nitrogens with one attached hydrogen (secondary N) is 3. The third kappa shape index (κ3) is 3.90. The average molecular weight is 330 g/mol. The summed E-state index contributed by atoms with van der Waals surface area (Å²) in [6, 6.07) is 8.94. The Labute approximate surface area is 138 Å². The quantitative estimate of drug-likeness (QED) is 0.497. The fourth-order valence-corrected chi connectivity index (χ4v) is 3.12. The summed E-state index contributed by atoms with van der Waals surface area (Å²) in [5.41, 5.74) is 2.06. The Bertz CT molecular complexity index is 792. The molecule has 23 heavy (non-hydrogen) atoms. The molecule has 3 rings (SSSR count). The van der Waals surface area contributed by atoms with Crippen LogP contribution in [-0.2, 0) is 13.0 Å². The minimum absolute atomic E-state index is 0.209. The van der Waals surface area contributed by atoms with Crippen molar-refractivity contribution in [3.05, 3.63) is 58.2 Å². The molecule has 0 saturated carbocycles. The highest BCUT2D eigenvalue weighted by Gasteiger charge is 2.05. The van der Waals surface area contributed by atoms with E-state index in [1.54, 1.807) is 30.5 Å². The molecule has 0 aliphatic heterocycles. The molecule has 0 saturated heterocycles. The van der Waals surface area contributed by atoms with Gasteiger partial charge in [0.15, 0.2) is 5.96 Å². The van der Waals surface area contributed by atoms with Crippen LogP contribution in [0.3, 0.4) is 0 Å². The normalized spacial score (nSPS) is 11.8. The number of guanidine groups is 1. The Balaban J connectivity index is 1.54. The van der Waals surface area contributed by atoms with Gasteiger partial charge in [-0.3, -0.25) is 4.99 Å². The minimum atomic E-state index is -0.209. The largest absolute Gasteiger partial charge is 0.361 e. The van der Waals surface area contributed by atoms with Gasteiger partial charge in [-0.15, -0.1) is 11.3 Å². The first-order valence-corrected chi connectivity index (χ1v) is 8.36. The van der Waals surface area contributed by atoms with Crippen molar-refractivity contribution in [1.82, 2.24) is 15.6 Å². The van der Waals surface area contributed by atoms with Gasteiger partial charge in [0.25, 0.3) is 0 Å². The van der Waals surface area contributed by atoms with Crippen LogP contribution in [0.15, 0.2) is 46.9 Å². The predicted octanol–water partition coefficient (Wildman–Crippen LogP) is 3.28. The Kier molecular flexibility index (Phi) is 4.92. The zero-order valence-electron chi connectivity index (χ0n) is 12.9. The average Bonchev–Trinajstić information content (AvgIpc) is 3.20. The summed E-state index contributed by atoms with van der Waals surface area (Å²) in [7, 11) is 1.75. The highest BCUT2D eigenvalue weighted by molar-refractivity contribution is 7.09. The molecule has 6 heteroatoms. The number of H-pyrrole nitrogens is 1. The minimum Gasteiger partial charge on any atom is -0.361 e. The molecule has 2 aromatic heterocycles. The van der Waals surface area contributed by atoms with Crippen LogP contribution >= 0.6 is 11.3 Å². The molecule has 120 valence electrons. The van der Waals surface area contributed by atoms with Crippen LogP contribution in [0.25, 0.3) is 10.9 Å². The molecule has 0 aliphatic rings. The molecule has 2 heterocycles. The molecule has 0 aliphatic carbocycles. The fraction of sp³-hybridized carbons (Fsp3) is 0.235. The number of benzene rings is 1. The third-order valence-corrected chi connectivity index (χ3v) is 4.53. The molecule has 0 radical (unpaired) electrons. The van der Waals surface area contributed by atoms with E-state index in [2.05, 4.69) is 32.1 Å². The first kappa shape index (κ1) is 15.6. The fourth-order valence-electron chi connectivity index (χ4n) is 2.48. The zero-order chi connectivity index (χ0) is 16.1. The molecule has 0 spiro atoms. The maximum absolute atomic E-state index is 13.4. The van der Waals surface area contributed by atoms with Gasteiger partial charge in [-0.2, -0.15) is 0 Å². The molecule has 0 bridgehead atoms. The van der Waals surface area contributed by atoms with Gasteiger partial charge in [-0.1, -0.05) is 6.07 Å². The number of rotatable bonds is 5. The lowest BCUT2D eigenvalue weighted by atomic mass is 10.1. The van der Waals surface area contributed by atoms with Crippen molar-refractivity contribution in [2.75, 3.05) is 13.6 Å². The van der Waals surface area contributed by atoms with Crippen LogP contribution in [0.2, 0.25) is 0 Å². The van der Waals surface area contributed by atoms with Gasteiger partial charge >= 0.3 is 0 Å². The highest BCUT2D eigenvalue weighted by Crippen LogP contribution is 2.19. The van der Waals surface area contributed by atoms with E-state index in [9.17, 15) is 4.39 Å². The molecule has 0 amide bonds. The van der Waals surface area contributed by atoms with E-state index in [0.29, 0.717) is 0 Å². The Morgan fingerprint density at radius 2 is 2.22 bits per heavy atom. The zero-order valence-corrected chi connectivity index (χ0v) is 13.7. The monoisotopic (exact) mass is 330 g/mol. The summed E-state index contributed by atoms with van der Waals surface area (Å²) in [6.45, 7) is 1.49. The molecule has 1 aromatic carbocycles. The van der Waals surface area contributed by atoms with Crippen molar-refractivity contribution in [3.8, 4) is 0 Å². The van der Waals surface area contributed by atoms with Gasteiger partial charge in [0.05, 0.1) is 6.54 Å². The van der Waals surface area contributed by atoms with Gasteiger partial charge in [0.2, 0.25) is 0 Å². The second-order valence-electron chi connectivity index (χ2n) is 5.19. The maximum Gasteiger partial charge on any atom is 0.191 e. The summed E-state index contributed by atoms with van der Waals surface area (Å²) in [5, 5.41) is 9.56. The van der Waals surface area contributed by atoms with Crippen LogP contribution in [-0.4, -0.2) is 24.5 Å². The standard InChI is InChI=1S/C17H19FN4S/c1-19-17(22-11-14-3-2-8-23-14)20-7-6-12-10-21-16-5-4-13(18)9-15(12)16/h2-5,8-10,21H,6-7,11H2,1H3,(H2,19,20,22). The smallest absolute Gasteiger partial charge is 0.191 e. The molecular weight excluding hydrogens is 311 g/mol. The summed E-state index contributed by atoms with van der Waals surface area (Å²) < 4.78 is 13.4. The van der Waals surface area contributed by atoms with Crippen LogP contribution in [0.4, 0.5) is 4.39 Å². The summed E-state index contributed by atoms with van der Waals surface area (Å²) in [5.74, 6) is 0.559. The lowest BCUT2D eigenvalue weighted by Gasteiger charge is -2.11. The van der Waals surface area contributed by atoms with Gasteiger partial charge in [-0.05, 0) is 41.6 Å². The van der Waals surface area contributed by atoms with Crippen LogP contribution < -0.4 is 10.6 Å². The van der Waals surface area contributed by atoms with E-state index in [1.165, 1.54) is 10.9 Å². The van der Waals surface area contributed by atoms with Crippen molar-refractivity contribution in [2.24, 2.45) is 4.99 Å². The molecular formula is C17H19FN4S. The summed E-state index contributed by atoms with van der Waals surface area (Å²) in [6.07, 6.45) is 2.73. The van der Waals surface area contributed by atoms with Crippen LogP contribution in [0.5, 0.6) is 0 Å². The van der Waals surface area contributed by atoms with E-state index in [0.717, 1.165) is 41.9 Å². The number of aromatic nitrogens is 1. The number of aromatic amines is 1. The molecule has 0 atom stereocenters. The van der Waals surface area contributed by atoms with Gasteiger partial charge < -0.3 is 15.6 Å². The Morgan fingerprint density at radius 3 is 3.00 bits per heavy atom. The summed E-state index contributed by atoms with van der Waals surface area (Å²) >= 11 is 1.72. The van der Waals surface area contributed by atoms with Gasteiger partial charge in [-0.25, -0.2) is 4.39 Å². The van der Waals surface area contributed by atoms with Gasteiger partial charge in [0, 0.05) is 35.6 Å². The molecule has 3 aromatic rings. The van der Waals surface area contributed by atoms with E-state index in [1.807, 2.05) is 12.3 Å². The number of fused-ring (bicyclic) bond motifs is 1. The van der Waals surface area contributed by atoms with Crippen molar-refractivity contribution in [1.29, 1.82) is 0 Å². The van der Waals surface area contributed by atoms with E-state index >= 15 is 0 Å². The molecule has 3 N–H and O–H groups in total. The second-order valence-corrected chi connectivity index (χ2v) is 6.22. The second kappa shape index (κ2) is 7.28. The number of thiophene rings is 1. The number of nitrogens with zero attached hydrogens (tertiary/aromatic N) is 1. The van der Waals surface area contributed by atoms with Crippen molar-refractivity contribution >= 4 is 28.2 Å². The van der Waals surface area contributed by atoms with E-state index < -0.39 is 0 Å². The lowest BCUT2D eigenvalue weighted by Crippen LogP contribution is -2.37. The van der Waals surface area contributed by atoms with E-state index in [4.69, 9.17) is 0 Å². The summed E-state index contributed by atoms with van der Waals surface area (Å²) in [4.78, 5) is 8.65. The topological polar surface area (TPSA) is 52.2 Å². The molecule has 0 fully saturated rings. The Morgan fingerprint density at radius 1 is 1.30 bits per heavy atom. The highest BCUT2D eigenvalue weighted by atomic mass is 32.1. The number of aliphatic imine (C=N–C) groups is 1. The van der Waals surface area contributed by atoms with Gasteiger partial charge in [0.1, 0.15) is 5.82 Å². The number of halogens is 1. The SMILES string of the molecule is CN=C(NCCc1c[nH]c2ccc(F)cc12)NCc1cccs1. The molecule has 0 unspecified atom stereocenters. The van der Waals surface area contributed by atoms with E-state index in [-0.39, 0.29) is 5.82 Å². The first-order valence-electron chi connectivity index (χ1n) is 7.48. The Hall–Kier alpha value is -2.34. The van der Waals surface area contributed by atoms with Crippen molar-refractivity contribution < 1.29 is 4.39 Å². The maximum atomic E-state index is 13.4. The van der Waals surface area contributed by atoms with Crippen molar-refractivity contribution in [3.63, 3.8) is 0 Å². The third-order valence-electron chi connectivity index (χ3n) is 3.65. The van der Waals surface area contributed by atoms with Crippen LogP contribution in [0.1, 0.15) is 10.4 Å². The van der Waals surface area contributed by atoms with Crippen LogP contribution in [0, 0.1) is 5.82 Å². The first-order chi connectivity index (χ1) is 11.3. The number of hydrogen-bond acceptors (Lipinski definition) is 2. The number of hydrogen-bond donors (Lipinski definition) is 3. The predicted molar refractivity (Wildman–Crippen MR) is 94.5 cm³/mol. The van der Waals surface area contributed by atoms with Crippen molar-refractivity contribution in [2.45, 2.75) is 13.0 Å².